The van der Waals surface area contributed by atoms with Gasteiger partial charge in [-0.1, -0.05) is 50.6 Å². The molecule has 0 spiro atoms. The quantitative estimate of drug-likeness (QED) is 0.195. The first-order valence-electron chi connectivity index (χ1n) is 18.1. The molecule has 2 saturated heterocycles. The number of esters is 1. The fourth-order valence-electron chi connectivity index (χ4n) is 7.76. The Labute approximate surface area is 303 Å². The molecule has 0 amide bonds. The molecule has 7 N–H and O–H groups in total. The maximum atomic E-state index is 14.1. The fraction of sp³-hybridized carbons (Fsp3) is 0.811. The minimum atomic E-state index is -1.92. The van der Waals surface area contributed by atoms with Crippen LogP contribution in [0.1, 0.15) is 80.2 Å². The number of hydrogen-bond donors (Lipinski definition) is 7. The minimum Gasteiger partial charge on any atom is -0.459 e. The highest BCUT2D eigenvalue weighted by molar-refractivity contribution is 6.31. The van der Waals surface area contributed by atoms with Crippen LogP contribution in [0.2, 0.25) is 5.02 Å². The lowest BCUT2D eigenvalue weighted by Gasteiger charge is -2.49. The van der Waals surface area contributed by atoms with Crippen molar-refractivity contribution in [2.45, 2.75) is 147 Å². The largest absolute Gasteiger partial charge is 0.459 e. The van der Waals surface area contributed by atoms with Gasteiger partial charge in [0, 0.05) is 36.1 Å². The van der Waals surface area contributed by atoms with Gasteiger partial charge in [0.15, 0.2) is 6.29 Å². The number of nitrogens with zero attached hydrogens (tertiary/aromatic N) is 1. The summed E-state index contributed by atoms with van der Waals surface area (Å²) in [5, 5.41) is 66.5. The van der Waals surface area contributed by atoms with Crippen molar-refractivity contribution in [2.75, 3.05) is 27.2 Å². The summed E-state index contributed by atoms with van der Waals surface area (Å²) in [7, 11) is 3.74. The van der Waals surface area contributed by atoms with Crippen LogP contribution < -0.4 is 10.6 Å². The Hall–Kier alpha value is -1.42. The first-order valence-corrected chi connectivity index (χ1v) is 18.4. The van der Waals surface area contributed by atoms with Crippen molar-refractivity contribution in [2.24, 2.45) is 17.8 Å². The summed E-state index contributed by atoms with van der Waals surface area (Å²) in [5.74, 6) is -3.15. The number of carbonyl (C=O) groups is 1. The summed E-state index contributed by atoms with van der Waals surface area (Å²) < 4.78 is 18.7. The molecule has 1 aromatic rings. The highest BCUT2D eigenvalue weighted by Crippen LogP contribution is 2.40. The van der Waals surface area contributed by atoms with E-state index in [-0.39, 0.29) is 44.0 Å². The zero-order chi connectivity index (χ0) is 37.8. The van der Waals surface area contributed by atoms with Gasteiger partial charge in [-0.25, -0.2) is 0 Å². The summed E-state index contributed by atoms with van der Waals surface area (Å²) >= 11 is 6.43. The minimum absolute atomic E-state index is 0.139. The first-order chi connectivity index (χ1) is 23.2. The summed E-state index contributed by atoms with van der Waals surface area (Å²) in [4.78, 5) is 16.0. The van der Waals surface area contributed by atoms with Crippen LogP contribution in [0.25, 0.3) is 0 Å². The Bertz CT molecular complexity index is 1240. The van der Waals surface area contributed by atoms with Crippen LogP contribution in [0.5, 0.6) is 0 Å². The van der Waals surface area contributed by atoms with Gasteiger partial charge in [0.25, 0.3) is 0 Å². The van der Waals surface area contributed by atoms with Gasteiger partial charge in [-0.05, 0) is 92.1 Å². The predicted octanol–water partition coefficient (Wildman–Crippen LogP) is 2.45. The van der Waals surface area contributed by atoms with Crippen molar-refractivity contribution in [3.63, 3.8) is 0 Å². The Morgan fingerprint density at radius 2 is 1.72 bits per heavy atom. The molecule has 3 rings (SSSR count). The van der Waals surface area contributed by atoms with Crippen molar-refractivity contribution < 1.29 is 44.5 Å². The molecule has 50 heavy (non-hydrogen) atoms. The molecule has 0 aliphatic carbocycles. The number of cyclic esters (lactones) is 1. The van der Waals surface area contributed by atoms with Crippen molar-refractivity contribution in [1.82, 2.24) is 15.5 Å². The molecule has 14 atom stereocenters. The van der Waals surface area contributed by atoms with Crippen molar-refractivity contribution in [1.29, 1.82) is 0 Å². The van der Waals surface area contributed by atoms with Crippen LogP contribution in [0.4, 0.5) is 0 Å². The molecule has 1 aromatic carbocycles. The highest BCUT2D eigenvalue weighted by atomic mass is 35.5. The predicted molar refractivity (Wildman–Crippen MR) is 192 cm³/mol. The molecule has 2 aliphatic rings. The maximum absolute atomic E-state index is 14.1. The Balaban J connectivity index is 2.13. The monoisotopic (exact) mass is 729 g/mol. The van der Waals surface area contributed by atoms with Gasteiger partial charge in [0.2, 0.25) is 0 Å². The van der Waals surface area contributed by atoms with Crippen LogP contribution in [0.15, 0.2) is 24.3 Å². The number of nitrogens with one attached hydrogen (secondary N) is 2. The van der Waals surface area contributed by atoms with Crippen LogP contribution in [0.3, 0.4) is 0 Å². The SMILES string of the molecule is CC[C@H]1OC(=O)C(C)[C@@](O)(CNCc2ccccc2Cl)[C@H](C)[C@@H](O[C@@H]2O[C@H](C)C[C@H](N(C)C)[C@H]2O)[C@@](C)(O)C[C@@H](C)CN[C@H](C)[C@@H](O)[C@]1(C)O. The van der Waals surface area contributed by atoms with Gasteiger partial charge in [0.05, 0.1) is 29.3 Å². The standard InChI is InChI=1S/C37H64ClN3O9/c1-11-29-36(8,46)31(43)25(6)40-18-21(2)17-35(7,45)32(50-34-30(42)28(41(9)10)16-22(3)48-34)23(4)37(47,24(5)33(44)49-29)20-39-19-26-14-12-13-15-27(26)38/h12-15,21-25,28-32,34,39-40,42-43,45-47H,11,16-20H2,1-10H3/t21-,22-,23-,24?,25-,28+,29-,30-,31-,32-,34+,35+,36-,37-/m1/s1. The molecule has 13 heteroatoms. The Kier molecular flexibility index (Phi) is 15.1. The van der Waals surface area contributed by atoms with Crippen molar-refractivity contribution in [3.8, 4) is 0 Å². The second-order valence-electron chi connectivity index (χ2n) is 15.7. The molecule has 0 aromatic heterocycles. The van der Waals surface area contributed by atoms with Crippen molar-refractivity contribution >= 4 is 17.6 Å². The van der Waals surface area contributed by atoms with E-state index in [9.17, 15) is 30.3 Å². The zero-order valence-corrected chi connectivity index (χ0v) is 32.4. The van der Waals surface area contributed by atoms with E-state index in [1.54, 1.807) is 40.7 Å². The van der Waals surface area contributed by atoms with E-state index in [4.69, 9.17) is 25.8 Å². The summed E-state index contributed by atoms with van der Waals surface area (Å²) in [6, 6.07) is 6.41. The van der Waals surface area contributed by atoms with E-state index >= 15 is 0 Å². The second kappa shape index (κ2) is 17.6. The highest BCUT2D eigenvalue weighted by Gasteiger charge is 2.54. The van der Waals surface area contributed by atoms with E-state index in [1.807, 2.05) is 51.0 Å². The van der Waals surface area contributed by atoms with E-state index in [1.165, 1.54) is 6.92 Å². The maximum Gasteiger partial charge on any atom is 0.312 e. The van der Waals surface area contributed by atoms with Gasteiger partial charge < -0.3 is 55.3 Å². The second-order valence-corrected chi connectivity index (χ2v) is 16.1. The average molecular weight is 730 g/mol. The Morgan fingerprint density at radius 1 is 1.08 bits per heavy atom. The first kappa shape index (κ1) is 43.0. The fourth-order valence-corrected chi connectivity index (χ4v) is 7.97. The third-order valence-electron chi connectivity index (χ3n) is 11.1. The summed E-state index contributed by atoms with van der Waals surface area (Å²) in [6.45, 7) is 14.1. The number of benzene rings is 1. The summed E-state index contributed by atoms with van der Waals surface area (Å²) in [6.07, 6.45) is -5.08. The van der Waals surface area contributed by atoms with E-state index in [0.717, 1.165) is 5.56 Å². The molecule has 0 radical (unpaired) electrons. The van der Waals surface area contributed by atoms with Gasteiger partial charge in [-0.2, -0.15) is 0 Å². The molecule has 0 saturated carbocycles. The number of hydrogen-bond acceptors (Lipinski definition) is 12. The zero-order valence-electron chi connectivity index (χ0n) is 31.6. The third-order valence-corrected chi connectivity index (χ3v) is 11.5. The van der Waals surface area contributed by atoms with E-state index in [2.05, 4.69) is 10.6 Å². The van der Waals surface area contributed by atoms with Crippen LogP contribution in [-0.2, 0) is 25.5 Å². The van der Waals surface area contributed by atoms with E-state index in [0.29, 0.717) is 18.0 Å². The van der Waals surface area contributed by atoms with E-state index < -0.39 is 71.4 Å². The molecule has 2 fully saturated rings. The van der Waals surface area contributed by atoms with Gasteiger partial charge >= 0.3 is 5.97 Å². The van der Waals surface area contributed by atoms with Crippen LogP contribution >= 0.6 is 11.6 Å². The molecular formula is C37H64ClN3O9. The lowest BCUT2D eigenvalue weighted by atomic mass is 9.70. The van der Waals surface area contributed by atoms with Crippen LogP contribution in [0, 0.1) is 17.8 Å². The molecular weight excluding hydrogens is 666 g/mol. The molecule has 288 valence electrons. The number of carbonyl (C=O) groups excluding carboxylic acids is 1. The average Bonchev–Trinajstić information content (AvgIpc) is 3.04. The lowest BCUT2D eigenvalue weighted by Crippen LogP contribution is -2.64. The molecule has 2 heterocycles. The number of aliphatic hydroxyl groups is 5. The molecule has 12 nitrogen and oxygen atoms in total. The lowest BCUT2D eigenvalue weighted by molar-refractivity contribution is -0.304. The number of halogens is 1. The number of ether oxygens (including phenoxy) is 3. The van der Waals surface area contributed by atoms with Gasteiger partial charge in [-0.3, -0.25) is 4.79 Å². The molecule has 2 aliphatic heterocycles. The topological polar surface area (TPSA) is 173 Å². The number of aliphatic hydroxyl groups excluding tert-OH is 2. The normalized spacial score (nSPS) is 42.8. The molecule has 0 bridgehead atoms. The smallest absolute Gasteiger partial charge is 0.312 e. The number of likely N-dealkylation sites (N-methyl/N-ethyl adjacent to an activating group) is 1. The van der Waals surface area contributed by atoms with Gasteiger partial charge in [-0.15, -0.1) is 0 Å². The molecule has 1 unspecified atom stereocenters. The number of rotatable bonds is 8. The van der Waals surface area contributed by atoms with Gasteiger partial charge in [0.1, 0.15) is 23.9 Å². The Morgan fingerprint density at radius 3 is 2.32 bits per heavy atom. The van der Waals surface area contributed by atoms with Crippen LogP contribution in [-0.4, -0.2) is 129 Å². The van der Waals surface area contributed by atoms with Crippen molar-refractivity contribution in [3.05, 3.63) is 34.9 Å². The third kappa shape index (κ3) is 9.96. The summed E-state index contributed by atoms with van der Waals surface area (Å²) in [5.41, 5.74) is -4.57.